The molecule has 2 nitrogen and oxygen atoms in total. The first kappa shape index (κ1) is 14.8. The smallest absolute Gasteiger partial charge is 0.0584 e. The number of rotatable bonds is 6. The van der Waals surface area contributed by atoms with Gasteiger partial charge in [0.15, 0.2) is 0 Å². The Bertz CT molecular complexity index is 401. The summed E-state index contributed by atoms with van der Waals surface area (Å²) in [5, 5.41) is 13.8. The molecule has 3 heteroatoms. The van der Waals surface area contributed by atoms with E-state index in [2.05, 4.69) is 31.3 Å². The molecule has 106 valence electrons. The lowest BCUT2D eigenvalue weighted by Gasteiger charge is -2.39. The van der Waals surface area contributed by atoms with Gasteiger partial charge < -0.3 is 10.4 Å². The van der Waals surface area contributed by atoms with Crippen LogP contribution in [0.1, 0.15) is 44.6 Å². The summed E-state index contributed by atoms with van der Waals surface area (Å²) in [6.07, 6.45) is 3.33. The van der Waals surface area contributed by atoms with Crippen LogP contribution in [0, 0.1) is 5.92 Å². The summed E-state index contributed by atoms with van der Waals surface area (Å²) in [6, 6.07) is 8.95. The van der Waals surface area contributed by atoms with Crippen molar-refractivity contribution in [2.45, 2.75) is 51.1 Å². The first-order valence-electron chi connectivity index (χ1n) is 7.21. The molecule has 0 aromatic heterocycles. The van der Waals surface area contributed by atoms with Gasteiger partial charge in [-0.2, -0.15) is 0 Å². The SMILES string of the molecule is CC(C)CC(CO)NC1CC(c2cccc(Cl)c2)C1. The zero-order valence-corrected chi connectivity index (χ0v) is 12.5. The molecule has 1 aromatic carbocycles. The zero-order chi connectivity index (χ0) is 13.8. The van der Waals surface area contributed by atoms with Crippen molar-refractivity contribution in [2.24, 2.45) is 5.92 Å². The van der Waals surface area contributed by atoms with Crippen LogP contribution in [0.15, 0.2) is 24.3 Å². The highest BCUT2D eigenvalue weighted by atomic mass is 35.5. The highest BCUT2D eigenvalue weighted by Crippen LogP contribution is 2.37. The van der Waals surface area contributed by atoms with Gasteiger partial charge in [-0.15, -0.1) is 0 Å². The second-order valence-electron chi connectivity index (χ2n) is 6.10. The normalized spacial score (nSPS) is 24.3. The predicted molar refractivity (Wildman–Crippen MR) is 80.7 cm³/mol. The summed E-state index contributed by atoms with van der Waals surface area (Å²) < 4.78 is 0. The molecular formula is C16H24ClNO. The Kier molecular flexibility index (Phi) is 5.26. The topological polar surface area (TPSA) is 32.3 Å². The summed E-state index contributed by atoms with van der Waals surface area (Å²) in [7, 11) is 0. The minimum Gasteiger partial charge on any atom is -0.395 e. The fraction of sp³-hybridized carbons (Fsp3) is 0.625. The van der Waals surface area contributed by atoms with Crippen LogP contribution in [0.2, 0.25) is 5.02 Å². The van der Waals surface area contributed by atoms with E-state index in [1.807, 2.05) is 12.1 Å². The van der Waals surface area contributed by atoms with E-state index < -0.39 is 0 Å². The van der Waals surface area contributed by atoms with E-state index in [9.17, 15) is 5.11 Å². The fourth-order valence-corrected chi connectivity index (χ4v) is 3.08. The third kappa shape index (κ3) is 4.20. The maximum atomic E-state index is 9.38. The van der Waals surface area contributed by atoms with Crippen LogP contribution >= 0.6 is 11.6 Å². The molecule has 1 atom stereocenters. The second-order valence-corrected chi connectivity index (χ2v) is 6.53. The number of hydrogen-bond acceptors (Lipinski definition) is 2. The Morgan fingerprint density at radius 3 is 2.68 bits per heavy atom. The molecule has 0 aliphatic heterocycles. The van der Waals surface area contributed by atoms with E-state index in [0.717, 1.165) is 24.3 Å². The number of benzene rings is 1. The Hall–Kier alpha value is -0.570. The molecule has 1 aliphatic carbocycles. The van der Waals surface area contributed by atoms with Crippen molar-refractivity contribution < 1.29 is 5.11 Å². The molecule has 0 amide bonds. The van der Waals surface area contributed by atoms with E-state index in [1.54, 1.807) is 0 Å². The molecule has 2 rings (SSSR count). The molecular weight excluding hydrogens is 258 g/mol. The fourth-order valence-electron chi connectivity index (χ4n) is 2.88. The predicted octanol–water partition coefficient (Wildman–Crippen LogP) is 3.58. The van der Waals surface area contributed by atoms with Gasteiger partial charge in [0.05, 0.1) is 6.61 Å². The lowest BCUT2D eigenvalue weighted by Crippen LogP contribution is -2.47. The van der Waals surface area contributed by atoms with Gasteiger partial charge in [0.2, 0.25) is 0 Å². The van der Waals surface area contributed by atoms with E-state index in [4.69, 9.17) is 11.6 Å². The van der Waals surface area contributed by atoms with Crippen LogP contribution < -0.4 is 5.32 Å². The second kappa shape index (κ2) is 6.74. The first-order chi connectivity index (χ1) is 9.08. The maximum Gasteiger partial charge on any atom is 0.0584 e. The first-order valence-corrected chi connectivity index (χ1v) is 7.58. The van der Waals surface area contributed by atoms with Gasteiger partial charge in [-0.25, -0.2) is 0 Å². The maximum absolute atomic E-state index is 9.38. The quantitative estimate of drug-likeness (QED) is 0.835. The van der Waals surface area contributed by atoms with Crippen molar-refractivity contribution >= 4 is 11.6 Å². The monoisotopic (exact) mass is 281 g/mol. The minimum absolute atomic E-state index is 0.233. The highest BCUT2D eigenvalue weighted by Gasteiger charge is 2.31. The van der Waals surface area contributed by atoms with E-state index in [-0.39, 0.29) is 12.6 Å². The van der Waals surface area contributed by atoms with E-state index in [1.165, 1.54) is 5.56 Å². The molecule has 1 saturated carbocycles. The van der Waals surface area contributed by atoms with Gasteiger partial charge in [-0.05, 0) is 48.8 Å². The number of hydrogen-bond donors (Lipinski definition) is 2. The Labute approximate surface area is 121 Å². The van der Waals surface area contributed by atoms with Crippen molar-refractivity contribution in [2.75, 3.05) is 6.61 Å². The van der Waals surface area contributed by atoms with Crippen LogP contribution in [-0.4, -0.2) is 23.8 Å². The largest absolute Gasteiger partial charge is 0.395 e. The summed E-state index contributed by atoms with van der Waals surface area (Å²) in [6.45, 7) is 4.62. The van der Waals surface area contributed by atoms with Crippen molar-refractivity contribution in [3.05, 3.63) is 34.9 Å². The summed E-state index contributed by atoms with van der Waals surface area (Å²) >= 11 is 6.02. The molecule has 0 bridgehead atoms. The molecule has 1 aliphatic rings. The van der Waals surface area contributed by atoms with Gasteiger partial charge in [0.1, 0.15) is 0 Å². The molecule has 1 fully saturated rings. The van der Waals surface area contributed by atoms with Crippen LogP contribution in [0.25, 0.3) is 0 Å². The van der Waals surface area contributed by atoms with Crippen molar-refractivity contribution in [3.8, 4) is 0 Å². The van der Waals surface area contributed by atoms with Crippen molar-refractivity contribution in [1.29, 1.82) is 0 Å². The van der Waals surface area contributed by atoms with Crippen molar-refractivity contribution in [1.82, 2.24) is 5.32 Å². The molecule has 0 radical (unpaired) electrons. The van der Waals surface area contributed by atoms with Crippen LogP contribution in [0.4, 0.5) is 0 Å². The Morgan fingerprint density at radius 2 is 2.11 bits per heavy atom. The number of aliphatic hydroxyl groups excluding tert-OH is 1. The van der Waals surface area contributed by atoms with Gasteiger partial charge in [-0.3, -0.25) is 0 Å². The van der Waals surface area contributed by atoms with Gasteiger partial charge in [0, 0.05) is 17.1 Å². The molecule has 19 heavy (non-hydrogen) atoms. The summed E-state index contributed by atoms with van der Waals surface area (Å²) in [4.78, 5) is 0. The summed E-state index contributed by atoms with van der Waals surface area (Å²) in [5.74, 6) is 1.24. The lowest BCUT2D eigenvalue weighted by molar-refractivity contribution is 0.181. The van der Waals surface area contributed by atoms with Crippen LogP contribution in [0.3, 0.4) is 0 Å². The van der Waals surface area contributed by atoms with Gasteiger partial charge in [-0.1, -0.05) is 37.6 Å². The lowest BCUT2D eigenvalue weighted by atomic mass is 9.75. The minimum atomic E-state index is 0.233. The number of halogens is 1. The molecule has 0 spiro atoms. The molecule has 0 saturated heterocycles. The van der Waals surface area contributed by atoms with E-state index >= 15 is 0 Å². The third-order valence-corrected chi connectivity index (χ3v) is 4.14. The number of nitrogens with one attached hydrogen (secondary N) is 1. The zero-order valence-electron chi connectivity index (χ0n) is 11.8. The molecule has 1 aromatic rings. The average Bonchev–Trinajstić information content (AvgIpc) is 2.31. The third-order valence-electron chi connectivity index (χ3n) is 3.91. The Balaban J connectivity index is 1.79. The number of aliphatic hydroxyl groups is 1. The summed E-state index contributed by atoms with van der Waals surface area (Å²) in [5.41, 5.74) is 1.34. The average molecular weight is 282 g/mol. The molecule has 1 unspecified atom stereocenters. The van der Waals surface area contributed by atoms with Gasteiger partial charge >= 0.3 is 0 Å². The molecule has 2 N–H and O–H groups in total. The highest BCUT2D eigenvalue weighted by molar-refractivity contribution is 6.30. The Morgan fingerprint density at radius 1 is 1.37 bits per heavy atom. The standard InChI is InChI=1S/C16H24ClNO/c1-11(2)6-16(10-19)18-15-8-13(9-15)12-4-3-5-14(17)7-12/h3-5,7,11,13,15-16,18-19H,6,8-10H2,1-2H3. The van der Waals surface area contributed by atoms with Crippen LogP contribution in [0.5, 0.6) is 0 Å². The van der Waals surface area contributed by atoms with Crippen LogP contribution in [-0.2, 0) is 0 Å². The molecule has 0 heterocycles. The van der Waals surface area contributed by atoms with Crippen molar-refractivity contribution in [3.63, 3.8) is 0 Å². The van der Waals surface area contributed by atoms with E-state index in [0.29, 0.717) is 17.9 Å². The van der Waals surface area contributed by atoms with Gasteiger partial charge in [0.25, 0.3) is 0 Å².